The van der Waals surface area contributed by atoms with Crippen LogP contribution in [0, 0.1) is 0 Å². The van der Waals surface area contributed by atoms with Gasteiger partial charge in [0.25, 0.3) is 0 Å². The quantitative estimate of drug-likeness (QED) is 0.651. The van der Waals surface area contributed by atoms with Gasteiger partial charge in [-0.1, -0.05) is 55.5 Å². The van der Waals surface area contributed by atoms with Gasteiger partial charge in [-0.3, -0.25) is 4.79 Å². The standard InChI is InChI=1S/C23H23NO3S/c1-3-15-12-13-28-21(15)23(27-14(2)20(24)22(25)26)18-10-6-4-8-16(18)17-9-5-7-11-19(17)23/h4-14,20H,3,24H2,1-2H3,(H,25,26)/t14?,20-/m0/s1. The molecule has 0 aliphatic heterocycles. The lowest BCUT2D eigenvalue weighted by Gasteiger charge is -2.36. The second-order valence-electron chi connectivity index (χ2n) is 7.09. The van der Waals surface area contributed by atoms with Gasteiger partial charge in [-0.05, 0) is 41.5 Å². The fourth-order valence-electron chi connectivity index (χ4n) is 4.10. The minimum atomic E-state index is -1.11. The number of aryl methyl sites for hydroxylation is 1. The Labute approximate surface area is 168 Å². The molecule has 5 heteroatoms. The zero-order valence-corrected chi connectivity index (χ0v) is 16.7. The maximum atomic E-state index is 11.5. The molecular weight excluding hydrogens is 370 g/mol. The third kappa shape index (κ3) is 2.70. The monoisotopic (exact) mass is 393 g/mol. The van der Waals surface area contributed by atoms with Gasteiger partial charge in [0, 0.05) is 16.0 Å². The summed E-state index contributed by atoms with van der Waals surface area (Å²) in [5.74, 6) is -1.07. The number of hydrogen-bond acceptors (Lipinski definition) is 4. The zero-order valence-electron chi connectivity index (χ0n) is 15.9. The van der Waals surface area contributed by atoms with Gasteiger partial charge in [0.15, 0.2) is 5.60 Å². The van der Waals surface area contributed by atoms with E-state index in [1.165, 1.54) is 5.56 Å². The Kier molecular flexibility index (Phi) is 4.83. The van der Waals surface area contributed by atoms with E-state index in [2.05, 4.69) is 42.6 Å². The Morgan fingerprint density at radius 1 is 1.11 bits per heavy atom. The highest BCUT2D eigenvalue weighted by Crippen LogP contribution is 2.55. The Bertz CT molecular complexity index is 980. The van der Waals surface area contributed by atoms with E-state index in [0.717, 1.165) is 33.6 Å². The van der Waals surface area contributed by atoms with Crippen molar-refractivity contribution in [2.24, 2.45) is 5.73 Å². The number of thiophene rings is 1. The molecule has 3 N–H and O–H groups in total. The van der Waals surface area contributed by atoms with Crippen LogP contribution in [0.5, 0.6) is 0 Å². The summed E-state index contributed by atoms with van der Waals surface area (Å²) in [6.07, 6.45) is 0.191. The van der Waals surface area contributed by atoms with Crippen LogP contribution in [0.3, 0.4) is 0 Å². The van der Waals surface area contributed by atoms with Crippen LogP contribution in [0.2, 0.25) is 0 Å². The lowest BCUT2D eigenvalue weighted by molar-refractivity contribution is -0.144. The minimum Gasteiger partial charge on any atom is -0.480 e. The van der Waals surface area contributed by atoms with Gasteiger partial charge in [-0.2, -0.15) is 0 Å². The summed E-state index contributed by atoms with van der Waals surface area (Å²) < 4.78 is 6.67. The molecule has 0 saturated carbocycles. The predicted octanol–water partition coefficient (Wildman–Crippen LogP) is 4.40. The van der Waals surface area contributed by atoms with Crippen molar-refractivity contribution in [3.8, 4) is 11.1 Å². The number of ether oxygens (including phenoxy) is 1. The maximum absolute atomic E-state index is 11.5. The molecule has 0 amide bonds. The molecule has 0 radical (unpaired) electrons. The Balaban J connectivity index is 2.01. The number of nitrogens with two attached hydrogens (primary N) is 1. The number of fused-ring (bicyclic) bond motifs is 3. The molecule has 0 fully saturated rings. The van der Waals surface area contributed by atoms with E-state index < -0.39 is 23.7 Å². The van der Waals surface area contributed by atoms with E-state index in [-0.39, 0.29) is 0 Å². The number of rotatable bonds is 6. The molecule has 1 aliphatic rings. The number of carboxylic acid groups (broad SMARTS) is 1. The van der Waals surface area contributed by atoms with Gasteiger partial charge in [0.2, 0.25) is 0 Å². The molecule has 2 aromatic carbocycles. The van der Waals surface area contributed by atoms with Crippen LogP contribution in [0.15, 0.2) is 60.0 Å². The van der Waals surface area contributed by atoms with Crippen molar-refractivity contribution >= 4 is 17.3 Å². The molecule has 28 heavy (non-hydrogen) atoms. The summed E-state index contributed by atoms with van der Waals surface area (Å²) in [5, 5.41) is 11.5. The Morgan fingerprint density at radius 2 is 1.68 bits per heavy atom. The van der Waals surface area contributed by atoms with E-state index in [4.69, 9.17) is 10.5 Å². The van der Waals surface area contributed by atoms with Crippen LogP contribution in [-0.2, 0) is 21.6 Å². The normalized spacial score (nSPS) is 16.2. The molecular formula is C23H23NO3S. The van der Waals surface area contributed by atoms with Crippen molar-refractivity contribution < 1.29 is 14.6 Å². The largest absolute Gasteiger partial charge is 0.480 e. The molecule has 0 bridgehead atoms. The molecule has 1 aliphatic carbocycles. The van der Waals surface area contributed by atoms with Crippen LogP contribution < -0.4 is 5.73 Å². The lowest BCUT2D eigenvalue weighted by atomic mass is 9.86. The van der Waals surface area contributed by atoms with Crippen molar-refractivity contribution in [1.82, 2.24) is 0 Å². The topological polar surface area (TPSA) is 72.5 Å². The first-order valence-electron chi connectivity index (χ1n) is 9.43. The SMILES string of the molecule is CCc1ccsc1C1(OC(C)[C@H](N)C(=O)O)c2ccccc2-c2ccccc21. The van der Waals surface area contributed by atoms with Gasteiger partial charge < -0.3 is 15.6 Å². The third-order valence-electron chi connectivity index (χ3n) is 5.50. The van der Waals surface area contributed by atoms with E-state index in [1.54, 1.807) is 18.3 Å². The van der Waals surface area contributed by atoms with Gasteiger partial charge in [0.05, 0.1) is 6.10 Å². The average molecular weight is 394 g/mol. The number of carbonyl (C=O) groups is 1. The first-order chi connectivity index (χ1) is 13.5. The van der Waals surface area contributed by atoms with Gasteiger partial charge in [-0.25, -0.2) is 0 Å². The first kappa shape index (κ1) is 18.9. The van der Waals surface area contributed by atoms with Crippen molar-refractivity contribution in [3.05, 3.63) is 81.5 Å². The summed E-state index contributed by atoms with van der Waals surface area (Å²) in [6, 6.07) is 17.4. The number of aliphatic carboxylic acids is 1. The molecule has 4 nitrogen and oxygen atoms in total. The predicted molar refractivity (Wildman–Crippen MR) is 112 cm³/mol. The number of carboxylic acids is 1. The van der Waals surface area contributed by atoms with Crippen molar-refractivity contribution in [1.29, 1.82) is 0 Å². The fraction of sp³-hybridized carbons (Fsp3) is 0.261. The molecule has 1 heterocycles. The summed E-state index contributed by atoms with van der Waals surface area (Å²) in [6.45, 7) is 3.86. The number of hydrogen-bond donors (Lipinski definition) is 2. The summed E-state index contributed by atoms with van der Waals surface area (Å²) >= 11 is 1.65. The highest BCUT2D eigenvalue weighted by molar-refractivity contribution is 7.10. The summed E-state index contributed by atoms with van der Waals surface area (Å²) in [4.78, 5) is 12.6. The molecule has 2 atom stereocenters. The molecule has 4 rings (SSSR count). The molecule has 0 spiro atoms. The average Bonchev–Trinajstić information content (AvgIpc) is 3.30. The van der Waals surface area contributed by atoms with Crippen molar-refractivity contribution in [3.63, 3.8) is 0 Å². The summed E-state index contributed by atoms with van der Waals surface area (Å²) in [5.41, 5.74) is 10.6. The maximum Gasteiger partial charge on any atom is 0.323 e. The van der Waals surface area contributed by atoms with E-state index in [0.29, 0.717) is 0 Å². The fourth-order valence-corrected chi connectivity index (χ4v) is 5.26. The highest BCUT2D eigenvalue weighted by atomic mass is 32.1. The number of benzene rings is 2. The van der Waals surface area contributed by atoms with E-state index in [9.17, 15) is 9.90 Å². The van der Waals surface area contributed by atoms with Crippen LogP contribution in [0.1, 0.15) is 35.4 Å². The Morgan fingerprint density at radius 3 is 2.21 bits per heavy atom. The molecule has 1 unspecified atom stereocenters. The summed E-state index contributed by atoms with van der Waals surface area (Å²) in [7, 11) is 0. The van der Waals surface area contributed by atoms with Crippen LogP contribution in [-0.4, -0.2) is 23.2 Å². The minimum absolute atomic E-state index is 0.677. The van der Waals surface area contributed by atoms with Gasteiger partial charge in [0.1, 0.15) is 6.04 Å². The van der Waals surface area contributed by atoms with E-state index >= 15 is 0 Å². The van der Waals surface area contributed by atoms with Crippen molar-refractivity contribution in [2.75, 3.05) is 0 Å². The molecule has 0 saturated heterocycles. The second-order valence-corrected chi connectivity index (χ2v) is 8.00. The third-order valence-corrected chi connectivity index (χ3v) is 6.56. The highest BCUT2D eigenvalue weighted by Gasteiger charge is 2.49. The van der Waals surface area contributed by atoms with Crippen molar-refractivity contribution in [2.45, 2.75) is 38.0 Å². The zero-order chi connectivity index (χ0) is 19.9. The first-order valence-corrected chi connectivity index (χ1v) is 10.3. The lowest BCUT2D eigenvalue weighted by Crippen LogP contribution is -2.46. The van der Waals surface area contributed by atoms with Gasteiger partial charge in [-0.15, -0.1) is 11.3 Å². The van der Waals surface area contributed by atoms with Crippen LogP contribution in [0.4, 0.5) is 0 Å². The van der Waals surface area contributed by atoms with Gasteiger partial charge >= 0.3 is 5.97 Å². The molecule has 1 aromatic heterocycles. The smallest absolute Gasteiger partial charge is 0.323 e. The molecule has 3 aromatic rings. The Hall–Kier alpha value is -2.47. The van der Waals surface area contributed by atoms with Crippen LogP contribution >= 0.6 is 11.3 Å². The van der Waals surface area contributed by atoms with Crippen LogP contribution in [0.25, 0.3) is 11.1 Å². The second kappa shape index (κ2) is 7.17. The van der Waals surface area contributed by atoms with E-state index in [1.807, 2.05) is 24.3 Å². The molecule has 144 valence electrons.